The summed E-state index contributed by atoms with van der Waals surface area (Å²) in [5.41, 5.74) is 0. The molecule has 1 rings (SSSR count). The summed E-state index contributed by atoms with van der Waals surface area (Å²) in [6, 6.07) is 7.42. The van der Waals surface area contributed by atoms with E-state index in [2.05, 4.69) is 6.92 Å². The van der Waals surface area contributed by atoms with E-state index in [1.807, 2.05) is 6.92 Å². The molecule has 0 atom stereocenters. The first-order chi connectivity index (χ1) is 8.83. The molecule has 21 heavy (non-hydrogen) atoms. The van der Waals surface area contributed by atoms with Gasteiger partial charge in [-0.2, -0.15) is 14.8 Å². The van der Waals surface area contributed by atoms with Crippen LogP contribution in [0.4, 0.5) is 0 Å². The molecule has 116 valence electrons. The Balaban J connectivity index is -0.000000115. The molecule has 0 bridgehead atoms. The molecule has 0 spiro atoms. The fraction of sp³-hybridized carbons (Fsp3) is 0.417. The summed E-state index contributed by atoms with van der Waals surface area (Å²) in [5, 5.41) is 24.0. The van der Waals surface area contributed by atoms with Crippen LogP contribution in [-0.2, 0) is 49.1 Å². The van der Waals surface area contributed by atoms with Crippen LogP contribution in [0.15, 0.2) is 35.2 Å². The van der Waals surface area contributed by atoms with Crippen molar-refractivity contribution in [3.63, 3.8) is 0 Å². The SMILES string of the molecule is O=S(=O)(O)c1ccccc1.OCC(O)CO.[CH2-]CC.[Zn].[Zn]. The molecule has 0 aromatic heterocycles. The zero-order valence-electron chi connectivity index (χ0n) is 12.2. The van der Waals surface area contributed by atoms with Gasteiger partial charge in [0.2, 0.25) is 0 Å². The molecule has 0 fully saturated rings. The summed E-state index contributed by atoms with van der Waals surface area (Å²) >= 11 is 0. The van der Waals surface area contributed by atoms with E-state index in [4.69, 9.17) is 19.9 Å². The second-order valence-electron chi connectivity index (χ2n) is 3.31. The molecule has 0 aliphatic heterocycles. The van der Waals surface area contributed by atoms with Gasteiger partial charge in [-0.05, 0) is 12.1 Å². The van der Waals surface area contributed by atoms with Crippen molar-refractivity contribution in [3.05, 3.63) is 37.3 Å². The molecule has 0 unspecified atom stereocenters. The number of hydrogen-bond acceptors (Lipinski definition) is 5. The van der Waals surface area contributed by atoms with Crippen molar-refractivity contribution in [1.29, 1.82) is 0 Å². The van der Waals surface area contributed by atoms with Gasteiger partial charge >= 0.3 is 0 Å². The Morgan fingerprint density at radius 3 is 1.57 bits per heavy atom. The van der Waals surface area contributed by atoms with Gasteiger partial charge in [-0.15, -0.1) is 0 Å². The maximum Gasteiger partial charge on any atom is 0.294 e. The molecule has 1 aromatic carbocycles. The fourth-order valence-electron chi connectivity index (χ4n) is 0.650. The van der Waals surface area contributed by atoms with E-state index < -0.39 is 16.2 Å². The van der Waals surface area contributed by atoms with Gasteiger partial charge in [0.1, 0.15) is 6.10 Å². The Bertz CT molecular complexity index is 395. The number of benzene rings is 1. The Kier molecular flexibility index (Phi) is 25.5. The van der Waals surface area contributed by atoms with Crippen molar-refractivity contribution >= 4 is 10.1 Å². The molecular weight excluding hydrogens is 403 g/mol. The van der Waals surface area contributed by atoms with E-state index in [9.17, 15) is 8.42 Å². The molecule has 4 N–H and O–H groups in total. The topological polar surface area (TPSA) is 115 Å². The number of aliphatic hydroxyl groups is 3. The number of rotatable bonds is 3. The zero-order valence-corrected chi connectivity index (χ0v) is 19.0. The van der Waals surface area contributed by atoms with Crippen LogP contribution >= 0.6 is 0 Å². The zero-order chi connectivity index (χ0) is 15.3. The summed E-state index contributed by atoms with van der Waals surface area (Å²) in [4.78, 5) is -0.0741. The second kappa shape index (κ2) is 18.3. The molecule has 0 saturated heterocycles. The third kappa shape index (κ3) is 20.3. The molecule has 0 radical (unpaired) electrons. The van der Waals surface area contributed by atoms with E-state index in [-0.39, 0.29) is 57.1 Å². The van der Waals surface area contributed by atoms with Gasteiger partial charge in [-0.25, -0.2) is 0 Å². The Morgan fingerprint density at radius 2 is 1.43 bits per heavy atom. The van der Waals surface area contributed by atoms with E-state index in [0.29, 0.717) is 0 Å². The summed E-state index contributed by atoms with van der Waals surface area (Å²) in [6.07, 6.45) is 0.0463. The number of aliphatic hydroxyl groups excluding tert-OH is 3. The van der Waals surface area contributed by atoms with Crippen LogP contribution in [0.2, 0.25) is 0 Å². The van der Waals surface area contributed by atoms with Crippen molar-refractivity contribution < 1.29 is 67.2 Å². The minimum Gasteiger partial charge on any atom is -0.394 e. The van der Waals surface area contributed by atoms with Crippen molar-refractivity contribution in [2.45, 2.75) is 24.3 Å². The monoisotopic (exact) mass is 421 g/mol. The average Bonchev–Trinajstić information content (AvgIpc) is 2.39. The van der Waals surface area contributed by atoms with Gasteiger partial charge in [-0.3, -0.25) is 4.55 Å². The van der Waals surface area contributed by atoms with Crippen LogP contribution in [0, 0.1) is 6.92 Å². The van der Waals surface area contributed by atoms with Crippen LogP contribution in [0.5, 0.6) is 0 Å². The summed E-state index contributed by atoms with van der Waals surface area (Å²) in [5.74, 6) is 0. The molecule has 9 heteroatoms. The van der Waals surface area contributed by atoms with Crippen LogP contribution in [0.25, 0.3) is 0 Å². The minimum absolute atomic E-state index is 0. The van der Waals surface area contributed by atoms with Crippen LogP contribution in [0.1, 0.15) is 13.3 Å². The number of hydrogen-bond donors (Lipinski definition) is 4. The Hall–Kier alpha value is 0.257. The molecule has 0 amide bonds. The predicted molar refractivity (Wildman–Crippen MR) is 72.1 cm³/mol. The largest absolute Gasteiger partial charge is 0.394 e. The summed E-state index contributed by atoms with van der Waals surface area (Å²) < 4.78 is 29.2. The third-order valence-electron chi connectivity index (χ3n) is 1.46. The average molecular weight is 424 g/mol. The van der Waals surface area contributed by atoms with Gasteiger partial charge in [0.15, 0.2) is 0 Å². The molecule has 6 nitrogen and oxygen atoms in total. The van der Waals surface area contributed by atoms with Crippen LogP contribution in [-0.4, -0.2) is 47.6 Å². The van der Waals surface area contributed by atoms with E-state index in [1.54, 1.807) is 18.2 Å². The Labute approximate surface area is 151 Å². The standard InChI is InChI=1S/C6H6O3S.C3H8O3.C3H7.2Zn/c7-10(8,9)6-4-2-1-3-5-6;4-1-3(6)2-5;1-3-2;;/h1-5H,(H,7,8,9);3-6H,1-2H2;1,3H2,2H3;;/q;;-1;;. The van der Waals surface area contributed by atoms with Crippen molar-refractivity contribution in [2.75, 3.05) is 13.2 Å². The summed E-state index contributed by atoms with van der Waals surface area (Å²) in [6.45, 7) is 4.77. The first-order valence-electron chi connectivity index (χ1n) is 5.54. The molecule has 0 saturated carbocycles. The van der Waals surface area contributed by atoms with Crippen molar-refractivity contribution in [2.24, 2.45) is 0 Å². The maximum absolute atomic E-state index is 10.4. The fourth-order valence-corrected chi connectivity index (χ4v) is 1.15. The molecule has 0 heterocycles. The van der Waals surface area contributed by atoms with Gasteiger partial charge in [0.25, 0.3) is 10.1 Å². The molecule has 0 aliphatic rings. The first kappa shape index (κ1) is 29.3. The van der Waals surface area contributed by atoms with Crippen molar-refractivity contribution in [1.82, 2.24) is 0 Å². The molecule has 1 aromatic rings. The molecular formula is C12H21O6SZn2-. The maximum atomic E-state index is 10.4. The van der Waals surface area contributed by atoms with Crippen molar-refractivity contribution in [3.8, 4) is 0 Å². The van der Waals surface area contributed by atoms with E-state index in [1.165, 1.54) is 12.1 Å². The first-order valence-corrected chi connectivity index (χ1v) is 6.99. The minimum atomic E-state index is -4.00. The van der Waals surface area contributed by atoms with Gasteiger partial charge in [-0.1, -0.05) is 25.1 Å². The Morgan fingerprint density at radius 1 is 1.10 bits per heavy atom. The van der Waals surface area contributed by atoms with Gasteiger partial charge in [0, 0.05) is 39.0 Å². The van der Waals surface area contributed by atoms with E-state index >= 15 is 0 Å². The normalized spacial score (nSPS) is 9.10. The van der Waals surface area contributed by atoms with Crippen LogP contribution in [0.3, 0.4) is 0 Å². The third-order valence-corrected chi connectivity index (χ3v) is 2.33. The quantitative estimate of drug-likeness (QED) is 0.319. The predicted octanol–water partition coefficient (Wildman–Crippen LogP) is 0.491. The van der Waals surface area contributed by atoms with Gasteiger partial charge in [0.05, 0.1) is 18.1 Å². The van der Waals surface area contributed by atoms with Crippen LogP contribution < -0.4 is 0 Å². The van der Waals surface area contributed by atoms with E-state index in [0.717, 1.165) is 6.42 Å². The summed E-state index contributed by atoms with van der Waals surface area (Å²) in [7, 11) is -4.00. The van der Waals surface area contributed by atoms with Gasteiger partial charge < -0.3 is 22.2 Å². The molecule has 0 aliphatic carbocycles. The second-order valence-corrected chi connectivity index (χ2v) is 4.73. The smallest absolute Gasteiger partial charge is 0.294 e.